The predicted octanol–water partition coefficient (Wildman–Crippen LogP) is 3.59. The van der Waals surface area contributed by atoms with Gasteiger partial charge in [-0.25, -0.2) is 4.39 Å². The Bertz CT molecular complexity index is 807. The minimum atomic E-state index is -1.14. The second-order valence-corrected chi connectivity index (χ2v) is 5.27. The van der Waals surface area contributed by atoms with Crippen molar-refractivity contribution in [1.82, 2.24) is 4.98 Å². The predicted molar refractivity (Wildman–Crippen MR) is 87.1 cm³/mol. The highest BCUT2D eigenvalue weighted by atomic mass is 19.1. The Morgan fingerprint density at radius 3 is 2.42 bits per heavy atom. The van der Waals surface area contributed by atoms with Gasteiger partial charge in [-0.05, 0) is 23.3 Å². The molecule has 4 nitrogen and oxygen atoms in total. The van der Waals surface area contributed by atoms with E-state index in [1.54, 1.807) is 0 Å². The summed E-state index contributed by atoms with van der Waals surface area (Å²) in [7, 11) is 0. The van der Waals surface area contributed by atoms with Crippen molar-refractivity contribution in [3.8, 4) is 11.5 Å². The van der Waals surface area contributed by atoms with Gasteiger partial charge in [0.1, 0.15) is 24.2 Å². The lowest BCUT2D eigenvalue weighted by molar-refractivity contribution is 0.200. The molecule has 1 aromatic heterocycles. The first kappa shape index (κ1) is 16.0. The van der Waals surface area contributed by atoms with E-state index in [1.807, 2.05) is 30.3 Å². The Kier molecular flexibility index (Phi) is 4.72. The zero-order chi connectivity index (χ0) is 16.9. The van der Waals surface area contributed by atoms with E-state index < -0.39 is 11.9 Å². The van der Waals surface area contributed by atoms with Crippen LogP contribution in [0.3, 0.4) is 0 Å². The van der Waals surface area contributed by atoms with Crippen LogP contribution in [0.1, 0.15) is 22.9 Å². The van der Waals surface area contributed by atoms with Gasteiger partial charge < -0.3 is 14.9 Å². The number of rotatable bonds is 5. The monoisotopic (exact) mass is 325 g/mol. The molecule has 3 rings (SSSR count). The van der Waals surface area contributed by atoms with Gasteiger partial charge in [0.05, 0.1) is 0 Å². The van der Waals surface area contributed by atoms with E-state index in [-0.39, 0.29) is 23.8 Å². The quantitative estimate of drug-likeness (QED) is 0.752. The number of pyridine rings is 1. The maximum absolute atomic E-state index is 13.0. The molecule has 1 atom stereocenters. The van der Waals surface area contributed by atoms with Crippen LogP contribution < -0.4 is 4.74 Å². The van der Waals surface area contributed by atoms with E-state index in [4.69, 9.17) is 4.74 Å². The molecule has 0 aliphatic heterocycles. The molecule has 0 saturated carbocycles. The summed E-state index contributed by atoms with van der Waals surface area (Å²) in [4.78, 5) is 4.12. The summed E-state index contributed by atoms with van der Waals surface area (Å²) < 4.78 is 18.7. The SMILES string of the molecule is Oc1ccnc(C(O)c2ccc(F)cc2)c1OCc1ccccc1. The lowest BCUT2D eigenvalue weighted by atomic mass is 10.1. The number of aliphatic hydroxyl groups excluding tert-OH is 1. The third-order valence-corrected chi connectivity index (χ3v) is 3.58. The number of aliphatic hydroxyl groups is 1. The second kappa shape index (κ2) is 7.10. The molecule has 0 amide bonds. The lowest BCUT2D eigenvalue weighted by Crippen LogP contribution is -2.07. The summed E-state index contributed by atoms with van der Waals surface area (Å²) in [6.45, 7) is 0.225. The highest BCUT2D eigenvalue weighted by Crippen LogP contribution is 2.35. The number of aromatic hydroxyl groups is 1. The molecule has 0 aliphatic rings. The lowest BCUT2D eigenvalue weighted by Gasteiger charge is -2.16. The van der Waals surface area contributed by atoms with Gasteiger partial charge in [0, 0.05) is 12.3 Å². The third kappa shape index (κ3) is 3.52. The Labute approximate surface area is 138 Å². The van der Waals surface area contributed by atoms with E-state index in [9.17, 15) is 14.6 Å². The van der Waals surface area contributed by atoms with Crippen molar-refractivity contribution < 1.29 is 19.3 Å². The summed E-state index contributed by atoms with van der Waals surface area (Å²) in [5, 5.41) is 20.6. The van der Waals surface area contributed by atoms with Crippen LogP contribution in [-0.4, -0.2) is 15.2 Å². The highest BCUT2D eigenvalue weighted by Gasteiger charge is 2.20. The van der Waals surface area contributed by atoms with Crippen molar-refractivity contribution in [3.63, 3.8) is 0 Å². The van der Waals surface area contributed by atoms with Crippen molar-refractivity contribution in [1.29, 1.82) is 0 Å². The fraction of sp³-hybridized carbons (Fsp3) is 0.105. The van der Waals surface area contributed by atoms with Crippen LogP contribution >= 0.6 is 0 Å². The molecule has 0 fully saturated rings. The number of ether oxygens (including phenoxy) is 1. The van der Waals surface area contributed by atoms with Gasteiger partial charge in [-0.1, -0.05) is 42.5 Å². The molecule has 1 unspecified atom stereocenters. The summed E-state index contributed by atoms with van der Waals surface area (Å²) >= 11 is 0. The fourth-order valence-electron chi connectivity index (χ4n) is 2.33. The molecule has 3 aromatic rings. The van der Waals surface area contributed by atoms with Crippen LogP contribution in [-0.2, 0) is 6.61 Å². The molecule has 5 heteroatoms. The number of hydrogen-bond donors (Lipinski definition) is 2. The van der Waals surface area contributed by atoms with Crippen LogP contribution in [0.5, 0.6) is 11.5 Å². The Hall–Kier alpha value is -2.92. The van der Waals surface area contributed by atoms with Gasteiger partial charge in [0.15, 0.2) is 11.5 Å². The molecule has 0 bridgehead atoms. The Morgan fingerprint density at radius 2 is 1.71 bits per heavy atom. The molecule has 0 saturated heterocycles. The zero-order valence-corrected chi connectivity index (χ0v) is 12.8. The van der Waals surface area contributed by atoms with Crippen LogP contribution in [0, 0.1) is 5.82 Å². The Balaban J connectivity index is 1.88. The first-order chi connectivity index (χ1) is 11.6. The number of halogens is 1. The largest absolute Gasteiger partial charge is 0.504 e. The van der Waals surface area contributed by atoms with Crippen molar-refractivity contribution in [2.24, 2.45) is 0 Å². The number of nitrogens with zero attached hydrogens (tertiary/aromatic N) is 1. The fourth-order valence-corrected chi connectivity index (χ4v) is 2.33. The van der Waals surface area contributed by atoms with Gasteiger partial charge in [-0.3, -0.25) is 4.98 Å². The van der Waals surface area contributed by atoms with Crippen molar-refractivity contribution >= 4 is 0 Å². The number of hydrogen-bond acceptors (Lipinski definition) is 4. The average Bonchev–Trinajstić information content (AvgIpc) is 2.61. The maximum atomic E-state index is 13.0. The van der Waals surface area contributed by atoms with E-state index in [0.717, 1.165) is 5.56 Å². The topological polar surface area (TPSA) is 62.6 Å². The van der Waals surface area contributed by atoms with E-state index in [1.165, 1.54) is 36.5 Å². The second-order valence-electron chi connectivity index (χ2n) is 5.27. The molecule has 2 N–H and O–H groups in total. The summed E-state index contributed by atoms with van der Waals surface area (Å²) in [6.07, 6.45) is 0.246. The standard InChI is InChI=1S/C19H16FNO3/c20-15-8-6-14(7-9-15)18(23)17-19(16(22)10-11-21-17)24-12-13-4-2-1-3-5-13/h1-11,18,23H,12H2,(H,21,22). The van der Waals surface area contributed by atoms with Crippen LogP contribution in [0.2, 0.25) is 0 Å². The van der Waals surface area contributed by atoms with Crippen LogP contribution in [0.4, 0.5) is 4.39 Å². The maximum Gasteiger partial charge on any atom is 0.185 e. The van der Waals surface area contributed by atoms with Gasteiger partial charge >= 0.3 is 0 Å². The summed E-state index contributed by atoms with van der Waals surface area (Å²) in [5.41, 5.74) is 1.56. The van der Waals surface area contributed by atoms with E-state index >= 15 is 0 Å². The molecular weight excluding hydrogens is 309 g/mol. The van der Waals surface area contributed by atoms with E-state index in [2.05, 4.69) is 4.98 Å². The first-order valence-electron chi connectivity index (χ1n) is 7.43. The molecule has 122 valence electrons. The van der Waals surface area contributed by atoms with Crippen molar-refractivity contribution in [3.05, 3.63) is 89.5 Å². The molecule has 0 radical (unpaired) electrons. The normalized spacial score (nSPS) is 11.9. The summed E-state index contributed by atoms with van der Waals surface area (Å²) in [6, 6.07) is 16.3. The highest BCUT2D eigenvalue weighted by molar-refractivity contribution is 5.45. The minimum Gasteiger partial charge on any atom is -0.504 e. The zero-order valence-electron chi connectivity index (χ0n) is 12.8. The smallest absolute Gasteiger partial charge is 0.185 e. The molecule has 2 aromatic carbocycles. The van der Waals surface area contributed by atoms with Crippen LogP contribution in [0.25, 0.3) is 0 Å². The minimum absolute atomic E-state index is 0.109. The summed E-state index contributed by atoms with van der Waals surface area (Å²) in [5.74, 6) is -0.398. The average molecular weight is 325 g/mol. The molecule has 24 heavy (non-hydrogen) atoms. The number of benzene rings is 2. The molecule has 1 heterocycles. The molecular formula is C19H16FNO3. The number of aromatic nitrogens is 1. The van der Waals surface area contributed by atoms with E-state index in [0.29, 0.717) is 5.56 Å². The van der Waals surface area contributed by atoms with Crippen LogP contribution in [0.15, 0.2) is 66.9 Å². The van der Waals surface area contributed by atoms with Gasteiger partial charge in [0.2, 0.25) is 0 Å². The van der Waals surface area contributed by atoms with Gasteiger partial charge in [-0.2, -0.15) is 0 Å². The first-order valence-corrected chi connectivity index (χ1v) is 7.43. The molecule has 0 aliphatic carbocycles. The third-order valence-electron chi connectivity index (χ3n) is 3.58. The Morgan fingerprint density at radius 1 is 1.00 bits per heavy atom. The van der Waals surface area contributed by atoms with Gasteiger partial charge in [-0.15, -0.1) is 0 Å². The van der Waals surface area contributed by atoms with Gasteiger partial charge in [0.25, 0.3) is 0 Å². The molecule has 0 spiro atoms. The van der Waals surface area contributed by atoms with Crippen molar-refractivity contribution in [2.45, 2.75) is 12.7 Å². The van der Waals surface area contributed by atoms with Crippen molar-refractivity contribution in [2.75, 3.05) is 0 Å².